The molecule has 0 radical (unpaired) electrons. The highest BCUT2D eigenvalue weighted by Gasteiger charge is 2.37. The Morgan fingerprint density at radius 1 is 1.29 bits per heavy atom. The molecule has 1 saturated heterocycles. The van der Waals surface area contributed by atoms with E-state index in [-0.39, 0.29) is 5.75 Å². The van der Waals surface area contributed by atoms with Crippen LogP contribution in [0.5, 0.6) is 0 Å². The van der Waals surface area contributed by atoms with Crippen LogP contribution in [-0.4, -0.2) is 34.0 Å². The first-order valence-corrected chi connectivity index (χ1v) is 9.99. The van der Waals surface area contributed by atoms with Gasteiger partial charge in [0.25, 0.3) is 0 Å². The zero-order chi connectivity index (χ0) is 15.3. The van der Waals surface area contributed by atoms with E-state index in [0.717, 1.165) is 10.0 Å². The SMILES string of the molecule is O=S(=O)(Cl)CC1(COCc2ccccc2Br)CCOCC1. The fourth-order valence-electron chi connectivity index (χ4n) is 2.49. The van der Waals surface area contributed by atoms with E-state index in [2.05, 4.69) is 15.9 Å². The minimum absolute atomic E-state index is 0.0686. The molecule has 0 aromatic heterocycles. The van der Waals surface area contributed by atoms with Crippen molar-refractivity contribution < 1.29 is 17.9 Å². The summed E-state index contributed by atoms with van der Waals surface area (Å²) in [5.41, 5.74) is 0.591. The monoisotopic (exact) mass is 396 g/mol. The van der Waals surface area contributed by atoms with Gasteiger partial charge in [0.2, 0.25) is 9.05 Å². The van der Waals surface area contributed by atoms with Crippen LogP contribution in [0, 0.1) is 5.41 Å². The highest BCUT2D eigenvalue weighted by Crippen LogP contribution is 2.34. The summed E-state index contributed by atoms with van der Waals surface area (Å²) in [6.07, 6.45) is 1.30. The molecule has 1 aromatic rings. The fraction of sp³-hybridized carbons (Fsp3) is 0.571. The van der Waals surface area contributed by atoms with Crippen molar-refractivity contribution in [3.8, 4) is 0 Å². The first-order chi connectivity index (χ1) is 9.90. The molecule has 118 valence electrons. The summed E-state index contributed by atoms with van der Waals surface area (Å²) < 4.78 is 35.0. The third kappa shape index (κ3) is 5.53. The van der Waals surface area contributed by atoms with E-state index in [9.17, 15) is 8.42 Å². The van der Waals surface area contributed by atoms with Crippen molar-refractivity contribution in [3.05, 3.63) is 34.3 Å². The van der Waals surface area contributed by atoms with Crippen molar-refractivity contribution in [1.29, 1.82) is 0 Å². The summed E-state index contributed by atoms with van der Waals surface area (Å²) in [6.45, 7) is 1.89. The quantitative estimate of drug-likeness (QED) is 0.691. The van der Waals surface area contributed by atoms with Crippen LogP contribution in [0.2, 0.25) is 0 Å². The van der Waals surface area contributed by atoms with Crippen LogP contribution in [0.15, 0.2) is 28.7 Å². The number of halogens is 2. The maximum absolute atomic E-state index is 11.5. The Morgan fingerprint density at radius 2 is 1.95 bits per heavy atom. The van der Waals surface area contributed by atoms with Crippen LogP contribution in [0.25, 0.3) is 0 Å². The lowest BCUT2D eigenvalue weighted by Gasteiger charge is -2.35. The van der Waals surface area contributed by atoms with Gasteiger partial charge in [-0.05, 0) is 24.5 Å². The molecule has 0 amide bonds. The second-order valence-electron chi connectivity index (χ2n) is 5.38. The van der Waals surface area contributed by atoms with Crippen LogP contribution in [-0.2, 0) is 25.1 Å². The van der Waals surface area contributed by atoms with Gasteiger partial charge in [0.05, 0.1) is 19.0 Å². The topological polar surface area (TPSA) is 52.6 Å². The molecule has 0 bridgehead atoms. The van der Waals surface area contributed by atoms with Crippen LogP contribution < -0.4 is 0 Å². The smallest absolute Gasteiger partial charge is 0.233 e. The van der Waals surface area contributed by atoms with Crippen molar-refractivity contribution in [3.63, 3.8) is 0 Å². The number of hydrogen-bond donors (Lipinski definition) is 0. The van der Waals surface area contributed by atoms with Gasteiger partial charge in [0, 0.05) is 33.8 Å². The highest BCUT2D eigenvalue weighted by atomic mass is 79.9. The average Bonchev–Trinajstić information content (AvgIpc) is 2.40. The Bertz CT molecular complexity index is 570. The largest absolute Gasteiger partial charge is 0.381 e. The number of hydrogen-bond acceptors (Lipinski definition) is 4. The molecule has 2 rings (SSSR count). The van der Waals surface area contributed by atoms with Gasteiger partial charge in [-0.2, -0.15) is 0 Å². The maximum atomic E-state index is 11.5. The molecule has 0 spiro atoms. The molecule has 1 aromatic carbocycles. The molecule has 1 aliphatic rings. The van der Waals surface area contributed by atoms with Gasteiger partial charge in [-0.25, -0.2) is 8.42 Å². The summed E-state index contributed by atoms with van der Waals surface area (Å²) in [7, 11) is 1.89. The lowest BCUT2D eigenvalue weighted by Crippen LogP contribution is -2.39. The van der Waals surface area contributed by atoms with Crippen LogP contribution in [0.1, 0.15) is 18.4 Å². The number of ether oxygens (including phenoxy) is 2. The molecule has 0 atom stereocenters. The first kappa shape index (κ1) is 17.2. The first-order valence-electron chi connectivity index (χ1n) is 6.72. The number of rotatable bonds is 6. The van der Waals surface area contributed by atoms with E-state index in [1.807, 2.05) is 24.3 Å². The average molecular weight is 398 g/mol. The van der Waals surface area contributed by atoms with E-state index in [0.29, 0.717) is 39.3 Å². The van der Waals surface area contributed by atoms with Gasteiger partial charge in [0.15, 0.2) is 0 Å². The fourth-order valence-corrected chi connectivity index (χ4v) is 4.69. The summed E-state index contributed by atoms with van der Waals surface area (Å²) >= 11 is 3.47. The minimum Gasteiger partial charge on any atom is -0.381 e. The normalized spacial score (nSPS) is 18.6. The Balaban J connectivity index is 1.98. The molecule has 0 unspecified atom stereocenters. The molecule has 0 aliphatic carbocycles. The van der Waals surface area contributed by atoms with Crippen molar-refractivity contribution in [2.24, 2.45) is 5.41 Å². The van der Waals surface area contributed by atoms with E-state index in [1.54, 1.807) is 0 Å². The van der Waals surface area contributed by atoms with Crippen LogP contribution in [0.3, 0.4) is 0 Å². The van der Waals surface area contributed by atoms with Crippen molar-refractivity contribution in [2.75, 3.05) is 25.6 Å². The molecular weight excluding hydrogens is 380 g/mol. The molecule has 1 aliphatic heterocycles. The van der Waals surface area contributed by atoms with Crippen molar-refractivity contribution in [1.82, 2.24) is 0 Å². The van der Waals surface area contributed by atoms with E-state index < -0.39 is 14.5 Å². The molecule has 1 heterocycles. The summed E-state index contributed by atoms with van der Waals surface area (Å²) in [5, 5.41) is 0. The molecule has 0 N–H and O–H groups in total. The van der Waals surface area contributed by atoms with E-state index >= 15 is 0 Å². The third-order valence-electron chi connectivity index (χ3n) is 3.66. The van der Waals surface area contributed by atoms with Gasteiger partial charge in [-0.15, -0.1) is 0 Å². The predicted molar refractivity (Wildman–Crippen MR) is 85.9 cm³/mol. The Morgan fingerprint density at radius 3 is 2.57 bits per heavy atom. The zero-order valence-electron chi connectivity index (χ0n) is 11.6. The van der Waals surface area contributed by atoms with E-state index in [4.69, 9.17) is 20.2 Å². The molecule has 1 fully saturated rings. The minimum atomic E-state index is -3.56. The Labute approximate surface area is 138 Å². The molecule has 7 heteroatoms. The third-order valence-corrected chi connectivity index (χ3v) is 5.71. The van der Waals surface area contributed by atoms with Crippen molar-refractivity contribution in [2.45, 2.75) is 19.4 Å². The van der Waals surface area contributed by atoms with Gasteiger partial charge < -0.3 is 9.47 Å². The summed E-state index contributed by atoms with van der Waals surface area (Å²) in [4.78, 5) is 0. The molecular formula is C14H18BrClO4S. The highest BCUT2D eigenvalue weighted by molar-refractivity contribution is 9.10. The predicted octanol–water partition coefficient (Wildman–Crippen LogP) is 3.33. The lowest BCUT2D eigenvalue weighted by atomic mass is 9.83. The van der Waals surface area contributed by atoms with Crippen LogP contribution in [0.4, 0.5) is 0 Å². The zero-order valence-corrected chi connectivity index (χ0v) is 14.7. The molecule has 21 heavy (non-hydrogen) atoms. The van der Waals surface area contributed by atoms with Gasteiger partial charge in [-0.1, -0.05) is 34.1 Å². The van der Waals surface area contributed by atoms with Gasteiger partial charge >= 0.3 is 0 Å². The van der Waals surface area contributed by atoms with Gasteiger partial charge in [0.1, 0.15) is 0 Å². The molecule has 0 saturated carbocycles. The lowest BCUT2D eigenvalue weighted by molar-refractivity contribution is -0.0324. The Hall–Kier alpha value is -0.140. The van der Waals surface area contributed by atoms with Crippen LogP contribution >= 0.6 is 26.6 Å². The van der Waals surface area contributed by atoms with Gasteiger partial charge in [-0.3, -0.25) is 0 Å². The standard InChI is InChI=1S/C14H18BrClO4S/c15-13-4-2-1-3-12(13)9-20-10-14(11-21(16,17)18)5-7-19-8-6-14/h1-4H,5-11H2. The second-order valence-corrected chi connectivity index (χ2v) is 9.01. The Kier molecular flexibility index (Phi) is 6.08. The maximum Gasteiger partial charge on any atom is 0.233 e. The summed E-state index contributed by atoms with van der Waals surface area (Å²) in [5.74, 6) is -0.0686. The summed E-state index contributed by atoms with van der Waals surface area (Å²) in [6, 6.07) is 7.80. The number of benzene rings is 1. The molecule has 4 nitrogen and oxygen atoms in total. The van der Waals surface area contributed by atoms with Crippen molar-refractivity contribution >= 4 is 35.7 Å². The second kappa shape index (κ2) is 7.42. The van der Waals surface area contributed by atoms with E-state index in [1.165, 1.54) is 0 Å².